The lowest BCUT2D eigenvalue weighted by Gasteiger charge is -2.08. The number of hydrogen-bond acceptors (Lipinski definition) is 4. The molecule has 0 radical (unpaired) electrons. The molecule has 1 aromatic carbocycles. The highest BCUT2D eigenvalue weighted by molar-refractivity contribution is 5.78. The summed E-state index contributed by atoms with van der Waals surface area (Å²) < 4.78 is 2.90. The van der Waals surface area contributed by atoms with Gasteiger partial charge in [-0.05, 0) is 24.6 Å². The number of aryl methyl sites for hydroxylation is 1. The average Bonchev–Trinajstić information content (AvgIpc) is 3.11. The Hall–Kier alpha value is -3.22. The summed E-state index contributed by atoms with van der Waals surface area (Å²) in [6, 6.07) is 12.7. The summed E-state index contributed by atoms with van der Waals surface area (Å²) in [6.45, 7) is 2.62. The zero-order valence-corrected chi connectivity index (χ0v) is 13.9. The van der Waals surface area contributed by atoms with E-state index in [2.05, 4.69) is 15.5 Å². The second kappa shape index (κ2) is 7.57. The summed E-state index contributed by atoms with van der Waals surface area (Å²) in [7, 11) is 0. The first-order valence-corrected chi connectivity index (χ1v) is 8.02. The van der Waals surface area contributed by atoms with Crippen molar-refractivity contribution in [2.75, 3.05) is 6.54 Å². The van der Waals surface area contributed by atoms with Crippen molar-refractivity contribution >= 4 is 5.91 Å². The van der Waals surface area contributed by atoms with Crippen LogP contribution < -0.4 is 10.9 Å². The van der Waals surface area contributed by atoms with E-state index in [1.165, 1.54) is 10.7 Å². The molecule has 1 N–H and O–H groups in total. The highest BCUT2D eigenvalue weighted by Crippen LogP contribution is 2.04. The molecule has 0 unspecified atom stereocenters. The minimum Gasteiger partial charge on any atom is -0.354 e. The number of hydrogen-bond donors (Lipinski definition) is 1. The van der Waals surface area contributed by atoms with Crippen molar-refractivity contribution in [3.8, 4) is 5.82 Å². The van der Waals surface area contributed by atoms with Crippen LogP contribution in [0.25, 0.3) is 5.82 Å². The predicted molar refractivity (Wildman–Crippen MR) is 93.5 cm³/mol. The fourth-order valence-electron chi connectivity index (χ4n) is 2.50. The number of rotatable bonds is 6. The van der Waals surface area contributed by atoms with Crippen molar-refractivity contribution in [3.05, 3.63) is 76.3 Å². The Balaban J connectivity index is 1.57. The minimum absolute atomic E-state index is 0.0816. The summed E-state index contributed by atoms with van der Waals surface area (Å²) in [4.78, 5) is 23.9. The van der Waals surface area contributed by atoms with E-state index in [1.54, 1.807) is 29.2 Å². The molecule has 7 nitrogen and oxygen atoms in total. The van der Waals surface area contributed by atoms with Gasteiger partial charge >= 0.3 is 0 Å². The largest absolute Gasteiger partial charge is 0.354 e. The molecule has 0 bridgehead atoms. The quantitative estimate of drug-likeness (QED) is 0.730. The van der Waals surface area contributed by atoms with Gasteiger partial charge in [0.15, 0.2) is 5.82 Å². The minimum atomic E-state index is -0.219. The van der Waals surface area contributed by atoms with E-state index >= 15 is 0 Å². The van der Waals surface area contributed by atoms with Gasteiger partial charge in [0.1, 0.15) is 0 Å². The summed E-state index contributed by atoms with van der Waals surface area (Å²) >= 11 is 0. The number of amides is 1. The van der Waals surface area contributed by atoms with Crippen LogP contribution in [0.5, 0.6) is 0 Å². The van der Waals surface area contributed by atoms with Crippen molar-refractivity contribution in [1.29, 1.82) is 0 Å². The van der Waals surface area contributed by atoms with Crippen LogP contribution in [-0.2, 0) is 17.8 Å². The van der Waals surface area contributed by atoms with Crippen LogP contribution in [0.4, 0.5) is 0 Å². The topological polar surface area (TPSA) is 81.8 Å². The highest BCUT2D eigenvalue weighted by Gasteiger charge is 2.06. The molecule has 7 heteroatoms. The van der Waals surface area contributed by atoms with Gasteiger partial charge in [0.25, 0.3) is 5.56 Å². The van der Waals surface area contributed by atoms with E-state index in [0.29, 0.717) is 25.3 Å². The zero-order valence-electron chi connectivity index (χ0n) is 13.9. The number of nitrogens with one attached hydrogen (secondary N) is 1. The molecule has 0 saturated carbocycles. The summed E-state index contributed by atoms with van der Waals surface area (Å²) in [6.07, 6.45) is 3.71. The van der Waals surface area contributed by atoms with Crippen LogP contribution in [0.1, 0.15) is 11.1 Å². The Labute approximate surface area is 144 Å². The van der Waals surface area contributed by atoms with Crippen LogP contribution >= 0.6 is 0 Å². The molecule has 1 amide bonds. The zero-order chi connectivity index (χ0) is 17.6. The lowest BCUT2D eigenvalue weighted by atomic mass is 10.1. The normalized spacial score (nSPS) is 10.6. The van der Waals surface area contributed by atoms with E-state index in [-0.39, 0.29) is 11.5 Å². The van der Waals surface area contributed by atoms with Crippen molar-refractivity contribution in [2.24, 2.45) is 0 Å². The lowest BCUT2D eigenvalue weighted by molar-refractivity contribution is -0.120. The lowest BCUT2D eigenvalue weighted by Crippen LogP contribution is -2.33. The molecule has 2 heterocycles. The Kier molecular flexibility index (Phi) is 5.03. The van der Waals surface area contributed by atoms with Crippen molar-refractivity contribution in [2.45, 2.75) is 19.9 Å². The third-order valence-electron chi connectivity index (χ3n) is 3.68. The monoisotopic (exact) mass is 337 g/mol. The highest BCUT2D eigenvalue weighted by atomic mass is 16.1. The van der Waals surface area contributed by atoms with Gasteiger partial charge < -0.3 is 5.32 Å². The van der Waals surface area contributed by atoms with Gasteiger partial charge in [-0.2, -0.15) is 5.10 Å². The van der Waals surface area contributed by atoms with Crippen molar-refractivity contribution < 1.29 is 4.79 Å². The van der Waals surface area contributed by atoms with Gasteiger partial charge in [-0.3, -0.25) is 9.59 Å². The first kappa shape index (κ1) is 16.6. The first-order valence-electron chi connectivity index (χ1n) is 8.02. The van der Waals surface area contributed by atoms with Gasteiger partial charge in [-0.25, -0.2) is 9.36 Å². The van der Waals surface area contributed by atoms with Gasteiger partial charge in [-0.15, -0.1) is 5.10 Å². The van der Waals surface area contributed by atoms with Crippen molar-refractivity contribution in [3.63, 3.8) is 0 Å². The Morgan fingerprint density at radius 2 is 2.08 bits per heavy atom. The average molecular weight is 337 g/mol. The fourth-order valence-corrected chi connectivity index (χ4v) is 2.50. The molecule has 0 spiro atoms. The Bertz CT molecular complexity index is 915. The Morgan fingerprint density at radius 1 is 1.20 bits per heavy atom. The van der Waals surface area contributed by atoms with Crippen LogP contribution in [0.2, 0.25) is 0 Å². The van der Waals surface area contributed by atoms with E-state index in [1.807, 2.05) is 31.2 Å². The van der Waals surface area contributed by atoms with Gasteiger partial charge in [0, 0.05) is 25.0 Å². The first-order chi connectivity index (χ1) is 12.1. The number of carbonyl (C=O) groups is 1. The summed E-state index contributed by atoms with van der Waals surface area (Å²) in [5, 5.41) is 11.2. The third-order valence-corrected chi connectivity index (χ3v) is 3.68. The molecule has 2 aromatic heterocycles. The Morgan fingerprint density at radius 3 is 2.84 bits per heavy atom. The standard InChI is InChI=1S/C18H19N5O2/c1-14-4-2-5-15(12-14)13-17(24)19-9-11-23-18(25)7-6-16(21-23)22-10-3-8-20-22/h2-8,10,12H,9,11,13H2,1H3,(H,19,24). The van der Waals surface area contributed by atoms with Crippen LogP contribution in [-0.4, -0.2) is 32.0 Å². The summed E-state index contributed by atoms with van der Waals surface area (Å²) in [5.74, 6) is 0.470. The summed E-state index contributed by atoms with van der Waals surface area (Å²) in [5.41, 5.74) is 1.87. The number of carbonyl (C=O) groups excluding carboxylic acids is 1. The molecule has 0 aliphatic heterocycles. The maximum Gasteiger partial charge on any atom is 0.266 e. The van der Waals surface area contributed by atoms with E-state index in [4.69, 9.17) is 0 Å². The van der Waals surface area contributed by atoms with Gasteiger partial charge in [0.05, 0.1) is 13.0 Å². The molecule has 0 atom stereocenters. The molecule has 3 aromatic rings. The van der Waals surface area contributed by atoms with E-state index in [9.17, 15) is 9.59 Å². The molecule has 0 aliphatic rings. The second-order valence-electron chi connectivity index (χ2n) is 5.72. The fraction of sp³-hybridized carbons (Fsp3) is 0.222. The van der Waals surface area contributed by atoms with E-state index < -0.39 is 0 Å². The third kappa shape index (κ3) is 4.41. The molecule has 128 valence electrons. The molecule has 25 heavy (non-hydrogen) atoms. The van der Waals surface area contributed by atoms with Gasteiger partial charge in [-0.1, -0.05) is 29.8 Å². The smallest absolute Gasteiger partial charge is 0.266 e. The molecule has 0 fully saturated rings. The molecule has 0 aliphatic carbocycles. The number of benzene rings is 1. The van der Waals surface area contributed by atoms with Crippen LogP contribution in [0.3, 0.4) is 0 Å². The van der Waals surface area contributed by atoms with Crippen molar-refractivity contribution in [1.82, 2.24) is 24.9 Å². The maximum absolute atomic E-state index is 12.0. The number of aromatic nitrogens is 4. The maximum atomic E-state index is 12.0. The van der Waals surface area contributed by atoms with Crippen LogP contribution in [0, 0.1) is 6.92 Å². The van der Waals surface area contributed by atoms with Gasteiger partial charge in [0.2, 0.25) is 5.91 Å². The second-order valence-corrected chi connectivity index (χ2v) is 5.72. The van der Waals surface area contributed by atoms with Crippen LogP contribution in [0.15, 0.2) is 59.7 Å². The molecular weight excluding hydrogens is 318 g/mol. The molecule has 0 saturated heterocycles. The number of nitrogens with zero attached hydrogens (tertiary/aromatic N) is 4. The molecule has 3 rings (SSSR count). The van der Waals surface area contributed by atoms with E-state index in [0.717, 1.165) is 11.1 Å². The predicted octanol–water partition coefficient (Wildman–Crippen LogP) is 1.10. The SMILES string of the molecule is Cc1cccc(CC(=O)NCCn2nc(-n3cccn3)ccc2=O)c1. The molecular formula is C18H19N5O2.